The van der Waals surface area contributed by atoms with Gasteiger partial charge in [0.05, 0.1) is 16.8 Å². The lowest BCUT2D eigenvalue weighted by molar-refractivity contribution is -0.137. The van der Waals surface area contributed by atoms with Crippen LogP contribution in [0.25, 0.3) is 5.65 Å². The normalized spacial score (nSPS) is 11.7. The van der Waals surface area contributed by atoms with Crippen LogP contribution in [-0.2, 0) is 6.18 Å². The fourth-order valence-corrected chi connectivity index (χ4v) is 2.20. The molecule has 118 valence electrons. The van der Waals surface area contributed by atoms with Crippen molar-refractivity contribution in [1.29, 1.82) is 0 Å². The SMILES string of the molecule is Cc1cn2cc(C(=O)Nc3ccc(C(F)(F)F)cc3)ccc2n1. The molecule has 1 amide bonds. The molecule has 3 aromatic rings. The molecule has 0 aliphatic rings. The van der Waals surface area contributed by atoms with E-state index in [4.69, 9.17) is 0 Å². The Hall–Kier alpha value is -2.83. The van der Waals surface area contributed by atoms with Gasteiger partial charge < -0.3 is 9.72 Å². The number of carbonyl (C=O) groups excluding carboxylic acids is 1. The molecule has 0 aliphatic carbocycles. The predicted octanol–water partition coefficient (Wildman–Crippen LogP) is 3.91. The first kappa shape index (κ1) is 15.1. The smallest absolute Gasteiger partial charge is 0.322 e. The van der Waals surface area contributed by atoms with E-state index in [0.29, 0.717) is 16.9 Å². The summed E-state index contributed by atoms with van der Waals surface area (Å²) in [6.07, 6.45) is -0.994. The first-order valence-electron chi connectivity index (χ1n) is 6.77. The summed E-state index contributed by atoms with van der Waals surface area (Å²) < 4.78 is 39.2. The minimum atomic E-state index is -4.40. The van der Waals surface area contributed by atoms with Gasteiger partial charge in [-0.1, -0.05) is 0 Å². The first-order valence-corrected chi connectivity index (χ1v) is 6.77. The highest BCUT2D eigenvalue weighted by molar-refractivity contribution is 6.04. The van der Waals surface area contributed by atoms with Gasteiger partial charge in [0.25, 0.3) is 5.91 Å². The molecule has 23 heavy (non-hydrogen) atoms. The van der Waals surface area contributed by atoms with E-state index in [9.17, 15) is 18.0 Å². The highest BCUT2D eigenvalue weighted by Gasteiger charge is 2.29. The zero-order valence-corrected chi connectivity index (χ0v) is 12.1. The summed E-state index contributed by atoms with van der Waals surface area (Å²) in [5.41, 5.74) is 1.46. The number of imidazole rings is 1. The van der Waals surface area contributed by atoms with Crippen LogP contribution in [0.1, 0.15) is 21.6 Å². The molecule has 3 rings (SSSR count). The van der Waals surface area contributed by atoms with Crippen LogP contribution in [0.4, 0.5) is 18.9 Å². The number of aromatic nitrogens is 2. The van der Waals surface area contributed by atoms with Crippen molar-refractivity contribution >= 4 is 17.2 Å². The first-order chi connectivity index (χ1) is 10.8. The van der Waals surface area contributed by atoms with E-state index in [-0.39, 0.29) is 0 Å². The lowest BCUT2D eigenvalue weighted by atomic mass is 10.2. The van der Waals surface area contributed by atoms with E-state index in [1.165, 1.54) is 12.1 Å². The molecule has 0 bridgehead atoms. The van der Waals surface area contributed by atoms with Gasteiger partial charge in [0.1, 0.15) is 5.65 Å². The lowest BCUT2D eigenvalue weighted by Gasteiger charge is -2.09. The molecule has 0 atom stereocenters. The van der Waals surface area contributed by atoms with Crippen LogP contribution < -0.4 is 5.32 Å². The molecule has 0 aliphatic heterocycles. The Morgan fingerprint density at radius 2 is 1.78 bits per heavy atom. The van der Waals surface area contributed by atoms with E-state index in [1.54, 1.807) is 28.9 Å². The van der Waals surface area contributed by atoms with Crippen molar-refractivity contribution in [3.63, 3.8) is 0 Å². The zero-order chi connectivity index (χ0) is 16.6. The van der Waals surface area contributed by atoms with Crippen molar-refractivity contribution in [2.75, 3.05) is 5.32 Å². The molecule has 0 unspecified atom stereocenters. The van der Waals surface area contributed by atoms with Crippen molar-refractivity contribution < 1.29 is 18.0 Å². The second-order valence-corrected chi connectivity index (χ2v) is 5.09. The van der Waals surface area contributed by atoms with Crippen LogP contribution in [-0.4, -0.2) is 15.3 Å². The second-order valence-electron chi connectivity index (χ2n) is 5.09. The number of hydrogen-bond donors (Lipinski definition) is 1. The van der Waals surface area contributed by atoms with Crippen LogP contribution in [0.15, 0.2) is 48.8 Å². The number of nitrogens with zero attached hydrogens (tertiary/aromatic N) is 2. The van der Waals surface area contributed by atoms with Gasteiger partial charge >= 0.3 is 6.18 Å². The fourth-order valence-electron chi connectivity index (χ4n) is 2.20. The standard InChI is InChI=1S/C16H12F3N3O/c1-10-8-22-9-11(2-7-14(22)20-10)15(23)21-13-5-3-12(4-6-13)16(17,18)19/h2-9H,1H3,(H,21,23). The minimum absolute atomic E-state index is 0.296. The monoisotopic (exact) mass is 319 g/mol. The molecule has 0 saturated heterocycles. The Morgan fingerprint density at radius 3 is 2.43 bits per heavy atom. The maximum atomic E-state index is 12.5. The highest BCUT2D eigenvalue weighted by atomic mass is 19.4. The quantitative estimate of drug-likeness (QED) is 0.778. The Morgan fingerprint density at radius 1 is 1.09 bits per heavy atom. The molecule has 0 radical (unpaired) electrons. The number of pyridine rings is 1. The molecule has 1 N–H and O–H groups in total. The van der Waals surface area contributed by atoms with Gasteiger partial charge in [-0.05, 0) is 43.3 Å². The third kappa shape index (κ3) is 3.18. The number of aryl methyl sites for hydroxylation is 1. The molecule has 2 heterocycles. The maximum Gasteiger partial charge on any atom is 0.416 e. The van der Waals surface area contributed by atoms with Gasteiger partial charge in [0, 0.05) is 18.1 Å². The Labute approximate surface area is 129 Å². The molecule has 0 fully saturated rings. The molecule has 0 saturated carbocycles. The highest BCUT2D eigenvalue weighted by Crippen LogP contribution is 2.29. The molecular weight excluding hydrogens is 307 g/mol. The summed E-state index contributed by atoms with van der Waals surface area (Å²) in [5.74, 6) is -0.405. The van der Waals surface area contributed by atoms with E-state index in [1.807, 2.05) is 6.92 Å². The van der Waals surface area contributed by atoms with Crippen LogP contribution in [0, 0.1) is 6.92 Å². The summed E-state index contributed by atoms with van der Waals surface area (Å²) >= 11 is 0. The Kier molecular flexibility index (Phi) is 3.55. The fraction of sp³-hybridized carbons (Fsp3) is 0.125. The van der Waals surface area contributed by atoms with Crippen molar-refractivity contribution in [1.82, 2.24) is 9.38 Å². The zero-order valence-electron chi connectivity index (χ0n) is 12.1. The number of carbonyl (C=O) groups is 1. The summed E-state index contributed by atoms with van der Waals surface area (Å²) in [7, 11) is 0. The number of halogens is 3. The van der Waals surface area contributed by atoms with Gasteiger partial charge in [-0.25, -0.2) is 4.98 Å². The van der Waals surface area contributed by atoms with E-state index >= 15 is 0 Å². The molecular formula is C16H12F3N3O. The van der Waals surface area contributed by atoms with Crippen LogP contribution in [0.5, 0.6) is 0 Å². The van der Waals surface area contributed by atoms with Crippen molar-refractivity contribution in [2.45, 2.75) is 13.1 Å². The van der Waals surface area contributed by atoms with Crippen molar-refractivity contribution in [2.24, 2.45) is 0 Å². The van der Waals surface area contributed by atoms with Gasteiger partial charge in [-0.15, -0.1) is 0 Å². The summed E-state index contributed by atoms with van der Waals surface area (Å²) in [5, 5.41) is 2.57. The largest absolute Gasteiger partial charge is 0.416 e. The molecule has 2 aromatic heterocycles. The number of hydrogen-bond acceptors (Lipinski definition) is 2. The number of rotatable bonds is 2. The molecule has 7 heteroatoms. The third-order valence-electron chi connectivity index (χ3n) is 3.30. The number of anilines is 1. The maximum absolute atomic E-state index is 12.5. The summed E-state index contributed by atoms with van der Waals surface area (Å²) in [6, 6.07) is 7.62. The van der Waals surface area contributed by atoms with Crippen LogP contribution in [0.2, 0.25) is 0 Å². The van der Waals surface area contributed by atoms with Crippen molar-refractivity contribution in [3.8, 4) is 0 Å². The van der Waals surface area contributed by atoms with E-state index in [0.717, 1.165) is 17.8 Å². The number of amides is 1. The second kappa shape index (κ2) is 5.42. The molecule has 4 nitrogen and oxygen atoms in total. The molecule has 0 spiro atoms. The lowest BCUT2D eigenvalue weighted by Crippen LogP contribution is -2.13. The van der Waals surface area contributed by atoms with E-state index in [2.05, 4.69) is 10.3 Å². The minimum Gasteiger partial charge on any atom is -0.322 e. The summed E-state index contributed by atoms with van der Waals surface area (Å²) in [4.78, 5) is 16.4. The van der Waals surface area contributed by atoms with E-state index < -0.39 is 17.6 Å². The average molecular weight is 319 g/mol. The van der Waals surface area contributed by atoms with Crippen LogP contribution in [0.3, 0.4) is 0 Å². The predicted molar refractivity (Wildman–Crippen MR) is 79.3 cm³/mol. The number of nitrogens with one attached hydrogen (secondary N) is 1. The number of fused-ring (bicyclic) bond motifs is 1. The summed E-state index contributed by atoms with van der Waals surface area (Å²) in [6.45, 7) is 1.84. The Bertz CT molecular complexity index is 866. The van der Waals surface area contributed by atoms with Crippen LogP contribution >= 0.6 is 0 Å². The molecule has 1 aromatic carbocycles. The van der Waals surface area contributed by atoms with Gasteiger partial charge in [-0.2, -0.15) is 13.2 Å². The number of alkyl halides is 3. The average Bonchev–Trinajstić information content (AvgIpc) is 2.85. The third-order valence-corrected chi connectivity index (χ3v) is 3.30. The van der Waals surface area contributed by atoms with Crippen molar-refractivity contribution in [3.05, 3.63) is 65.6 Å². The van der Waals surface area contributed by atoms with Gasteiger partial charge in [0.15, 0.2) is 0 Å². The Balaban J connectivity index is 1.79. The van der Waals surface area contributed by atoms with Gasteiger partial charge in [-0.3, -0.25) is 4.79 Å². The number of benzene rings is 1. The van der Waals surface area contributed by atoms with Gasteiger partial charge in [0.2, 0.25) is 0 Å². The topological polar surface area (TPSA) is 46.4 Å².